The van der Waals surface area contributed by atoms with Crippen LogP contribution in [-0.2, 0) is 18.0 Å². The molecule has 5 aromatic rings. The fourth-order valence-corrected chi connectivity index (χ4v) is 7.34. The van der Waals surface area contributed by atoms with E-state index in [1.807, 2.05) is 78.7 Å². The lowest BCUT2D eigenvalue weighted by molar-refractivity contribution is -0.145. The number of nitrogens with zero attached hydrogens (tertiary/aromatic N) is 2. The van der Waals surface area contributed by atoms with Crippen LogP contribution in [-0.4, -0.2) is 39.2 Å². The maximum atomic E-state index is 14.3. The monoisotopic (exact) mass is 623 g/mol. The van der Waals surface area contributed by atoms with Crippen LogP contribution in [0.4, 0.5) is 18.9 Å². The number of rotatable bonds is 6. The second kappa shape index (κ2) is 11.2. The summed E-state index contributed by atoms with van der Waals surface area (Å²) in [5.41, 5.74) is 1.41. The van der Waals surface area contributed by atoms with E-state index >= 15 is 0 Å². The highest BCUT2D eigenvalue weighted by Crippen LogP contribution is 2.55. The number of likely N-dealkylation sites (N-methyl/N-ethyl adjacent to an activating group) is 1. The molecule has 0 spiro atoms. The van der Waals surface area contributed by atoms with Gasteiger partial charge in [0.2, 0.25) is 0 Å². The number of H-pyrrole nitrogens is 1. The Morgan fingerprint density at radius 1 is 0.826 bits per heavy atom. The van der Waals surface area contributed by atoms with Crippen molar-refractivity contribution in [3.8, 4) is 5.69 Å². The second-order valence-corrected chi connectivity index (χ2v) is 12.0. The molecule has 1 aliphatic carbocycles. The number of aromatic amines is 1. The van der Waals surface area contributed by atoms with Crippen LogP contribution in [0.2, 0.25) is 0 Å². The minimum atomic E-state index is -4.91. The molecular weight excluding hydrogens is 591 g/mol. The van der Waals surface area contributed by atoms with E-state index < -0.39 is 52.5 Å². The number of hydrogen-bond donors (Lipinski definition) is 3. The average molecular weight is 624 g/mol. The molecule has 1 saturated carbocycles. The minimum absolute atomic E-state index is 0.213. The number of alkyl halides is 3. The van der Waals surface area contributed by atoms with Gasteiger partial charge in [0.15, 0.2) is 0 Å². The first-order chi connectivity index (χ1) is 22.1. The molecule has 0 bridgehead atoms. The summed E-state index contributed by atoms with van der Waals surface area (Å²) in [7, 11) is 1.92. The van der Waals surface area contributed by atoms with Crippen LogP contribution in [0.25, 0.3) is 5.69 Å². The minimum Gasteiger partial charge on any atom is -0.392 e. The quantitative estimate of drug-likeness (QED) is 0.211. The molecule has 234 valence electrons. The van der Waals surface area contributed by atoms with Crippen LogP contribution >= 0.6 is 0 Å². The molecule has 2 aliphatic rings. The van der Waals surface area contributed by atoms with Crippen molar-refractivity contribution in [3.05, 3.63) is 165 Å². The van der Waals surface area contributed by atoms with Gasteiger partial charge in [0.05, 0.1) is 28.9 Å². The Bertz CT molecular complexity index is 1940. The largest absolute Gasteiger partial charge is 0.433 e. The number of hydrogen-bond acceptors (Lipinski definition) is 4. The summed E-state index contributed by atoms with van der Waals surface area (Å²) in [4.78, 5) is 15.5. The zero-order valence-corrected chi connectivity index (χ0v) is 24.9. The van der Waals surface area contributed by atoms with Gasteiger partial charge < -0.3 is 15.1 Å². The predicted octanol–water partition coefficient (Wildman–Crippen LogP) is 6.18. The fourth-order valence-electron chi connectivity index (χ4n) is 7.34. The topological polar surface area (TPSA) is 81.5 Å². The smallest absolute Gasteiger partial charge is 0.392 e. The molecule has 1 aliphatic heterocycles. The summed E-state index contributed by atoms with van der Waals surface area (Å²) >= 11 is 0. The number of fused-ring (bicyclic) bond motifs is 1. The zero-order chi connectivity index (χ0) is 32.2. The molecule has 6 nitrogen and oxygen atoms in total. The van der Waals surface area contributed by atoms with Crippen molar-refractivity contribution in [2.24, 2.45) is 5.92 Å². The van der Waals surface area contributed by atoms with E-state index in [0.717, 1.165) is 32.8 Å². The Kier molecular flexibility index (Phi) is 7.25. The predicted molar refractivity (Wildman–Crippen MR) is 170 cm³/mol. The van der Waals surface area contributed by atoms with Gasteiger partial charge in [-0.1, -0.05) is 103 Å². The molecule has 7 rings (SSSR count). The lowest BCUT2D eigenvalue weighted by atomic mass is 9.63. The van der Waals surface area contributed by atoms with Crippen molar-refractivity contribution in [1.29, 1.82) is 0 Å². The van der Waals surface area contributed by atoms with Crippen molar-refractivity contribution in [3.63, 3.8) is 0 Å². The molecule has 3 N–H and O–H groups in total. The van der Waals surface area contributed by atoms with Crippen molar-refractivity contribution in [2.75, 3.05) is 11.9 Å². The van der Waals surface area contributed by atoms with Gasteiger partial charge in [0.1, 0.15) is 5.69 Å². The summed E-state index contributed by atoms with van der Waals surface area (Å²) in [5.74, 6) is -2.38. The van der Waals surface area contributed by atoms with Crippen LogP contribution in [0.1, 0.15) is 33.9 Å². The third kappa shape index (κ3) is 4.61. The maximum absolute atomic E-state index is 14.3. The Morgan fingerprint density at radius 2 is 1.39 bits per heavy atom. The fraction of sp³-hybridized carbons (Fsp3) is 0.216. The Balaban J connectivity index is 1.35. The summed E-state index contributed by atoms with van der Waals surface area (Å²) in [6.45, 7) is 0. The number of nitrogens with one attached hydrogen (secondary N) is 1. The second-order valence-electron chi connectivity index (χ2n) is 12.0. The van der Waals surface area contributed by atoms with E-state index in [1.165, 1.54) is 12.1 Å². The molecule has 0 saturated heterocycles. The normalized spacial score (nSPS) is 25.0. The maximum Gasteiger partial charge on any atom is 0.433 e. The van der Waals surface area contributed by atoms with Gasteiger partial charge in [-0.15, -0.1) is 0 Å². The van der Waals surface area contributed by atoms with E-state index in [1.54, 1.807) is 24.3 Å². The first-order valence-electron chi connectivity index (χ1n) is 15.1. The zero-order valence-electron chi connectivity index (χ0n) is 24.9. The number of allylic oxidation sites excluding steroid dienone is 1. The molecule has 46 heavy (non-hydrogen) atoms. The number of anilines is 1. The van der Waals surface area contributed by atoms with Gasteiger partial charge in [0.25, 0.3) is 5.56 Å². The Hall–Kier alpha value is -4.86. The molecular formula is C37H32F3N3O3. The number of halogens is 3. The highest BCUT2D eigenvalue weighted by Gasteiger charge is 2.56. The number of aliphatic hydroxyl groups is 2. The summed E-state index contributed by atoms with van der Waals surface area (Å²) < 4.78 is 43.7. The van der Waals surface area contributed by atoms with Crippen LogP contribution < -0.4 is 10.5 Å². The van der Waals surface area contributed by atoms with E-state index in [0.29, 0.717) is 6.42 Å². The van der Waals surface area contributed by atoms with Gasteiger partial charge in [-0.3, -0.25) is 9.89 Å². The van der Waals surface area contributed by atoms with Crippen molar-refractivity contribution in [1.82, 2.24) is 9.78 Å². The molecule has 0 amide bonds. The molecule has 0 radical (unpaired) electrons. The van der Waals surface area contributed by atoms with E-state index in [-0.39, 0.29) is 5.69 Å². The number of aromatic nitrogens is 2. The first-order valence-corrected chi connectivity index (χ1v) is 15.1. The van der Waals surface area contributed by atoms with E-state index in [9.17, 15) is 28.2 Å². The third-order valence-corrected chi connectivity index (χ3v) is 9.54. The number of aliphatic hydroxyl groups excluding tert-OH is 2. The Labute approximate surface area is 263 Å². The molecule has 3 atom stereocenters. The molecule has 2 heterocycles. The third-order valence-electron chi connectivity index (χ3n) is 9.54. The first kappa shape index (κ1) is 29.8. The van der Waals surface area contributed by atoms with Gasteiger partial charge >= 0.3 is 6.18 Å². The molecule has 1 aromatic heterocycles. The van der Waals surface area contributed by atoms with Crippen LogP contribution in [0.5, 0.6) is 0 Å². The van der Waals surface area contributed by atoms with Gasteiger partial charge in [-0.05, 0) is 41.3 Å². The van der Waals surface area contributed by atoms with Crippen molar-refractivity contribution < 1.29 is 23.4 Å². The van der Waals surface area contributed by atoms with E-state index in [4.69, 9.17) is 0 Å². The number of para-hydroxylation sites is 2. The molecule has 4 aromatic carbocycles. The summed E-state index contributed by atoms with van der Waals surface area (Å²) in [6.07, 6.45) is -5.46. The van der Waals surface area contributed by atoms with Crippen LogP contribution in [0.3, 0.4) is 0 Å². The molecule has 3 unspecified atom stereocenters. The molecule has 1 fully saturated rings. The van der Waals surface area contributed by atoms with Gasteiger partial charge in [-0.25, -0.2) is 4.68 Å². The Morgan fingerprint density at radius 3 is 2.02 bits per heavy atom. The highest BCUT2D eigenvalue weighted by molar-refractivity contribution is 5.74. The summed E-state index contributed by atoms with van der Waals surface area (Å²) in [5, 5.41) is 25.3. The van der Waals surface area contributed by atoms with Gasteiger partial charge in [-0.2, -0.15) is 13.2 Å². The highest BCUT2D eigenvalue weighted by atomic mass is 19.4. The lowest BCUT2D eigenvalue weighted by Crippen LogP contribution is -2.55. The van der Waals surface area contributed by atoms with Crippen LogP contribution in [0, 0.1) is 5.92 Å². The SMILES string of the molecule is CN1C(=CC2C(O)C(c3c(C(F)(F)F)[nH]n(-c4ccccc4)c3=O)C2O)C(Cc2ccccc2)(c2ccccc2)c2ccccc21. The number of benzene rings is 4. The van der Waals surface area contributed by atoms with Crippen molar-refractivity contribution in [2.45, 2.75) is 36.1 Å². The average Bonchev–Trinajstić information content (AvgIpc) is 3.53. The lowest BCUT2D eigenvalue weighted by Gasteiger charge is -2.46. The summed E-state index contributed by atoms with van der Waals surface area (Å²) in [6, 6.07) is 35.9. The van der Waals surface area contributed by atoms with Gasteiger partial charge in [0, 0.05) is 30.3 Å². The van der Waals surface area contributed by atoms with E-state index in [2.05, 4.69) is 23.3 Å². The standard InChI is InChI=1S/C37H32F3N3O3/c1-42-28-20-12-11-19-27(28)36(24-15-7-3-8-16-24,22-23-13-5-2-6-14-23)29(42)21-26-32(44)30(33(26)45)31-34(37(38,39)40)41-43(35(31)46)25-17-9-4-10-18-25/h2-21,26,30,32-33,41,44-45H,22H2,1H3. The molecule has 9 heteroatoms. The van der Waals surface area contributed by atoms with Crippen LogP contribution in [0.15, 0.2) is 132 Å². The van der Waals surface area contributed by atoms with Crippen molar-refractivity contribution >= 4 is 5.69 Å².